The highest BCUT2D eigenvalue weighted by atomic mass is 35.5. The van der Waals surface area contributed by atoms with Gasteiger partial charge in [-0.2, -0.15) is 4.31 Å². The summed E-state index contributed by atoms with van der Waals surface area (Å²) in [6, 6.07) is 4.58. The second-order valence-electron chi connectivity index (χ2n) is 5.56. The van der Waals surface area contributed by atoms with E-state index in [1.54, 1.807) is 10.4 Å². The summed E-state index contributed by atoms with van der Waals surface area (Å²) >= 11 is 5.95. The quantitative estimate of drug-likeness (QED) is 0.861. The molecule has 2 unspecified atom stereocenters. The van der Waals surface area contributed by atoms with E-state index >= 15 is 0 Å². The summed E-state index contributed by atoms with van der Waals surface area (Å²) in [5.41, 5.74) is 0. The molecule has 0 amide bonds. The SMILES string of the molecule is COc1cc(S(=O)(=O)N2CC(C)CC(C)C2)ccc1Cl. The second-order valence-corrected chi connectivity index (χ2v) is 7.91. The number of methoxy groups -OCH3 is 1. The first-order valence-electron chi connectivity index (χ1n) is 6.68. The Morgan fingerprint density at radius 2 is 1.85 bits per heavy atom. The zero-order valence-corrected chi connectivity index (χ0v) is 13.5. The summed E-state index contributed by atoms with van der Waals surface area (Å²) in [5.74, 6) is 1.14. The van der Waals surface area contributed by atoms with Crippen LogP contribution >= 0.6 is 11.6 Å². The molecule has 1 fully saturated rings. The van der Waals surface area contributed by atoms with Crippen molar-refractivity contribution >= 4 is 21.6 Å². The summed E-state index contributed by atoms with van der Waals surface area (Å²) in [6.07, 6.45) is 1.07. The fourth-order valence-corrected chi connectivity index (χ4v) is 4.64. The number of ether oxygens (including phenoxy) is 1. The Morgan fingerprint density at radius 1 is 1.25 bits per heavy atom. The van der Waals surface area contributed by atoms with Crippen LogP contribution in [0.25, 0.3) is 0 Å². The lowest BCUT2D eigenvalue weighted by Gasteiger charge is -2.34. The number of hydrogen-bond donors (Lipinski definition) is 0. The van der Waals surface area contributed by atoms with Crippen molar-refractivity contribution < 1.29 is 13.2 Å². The molecular weight excluding hydrogens is 298 g/mol. The van der Waals surface area contributed by atoms with Crippen LogP contribution in [0.3, 0.4) is 0 Å². The summed E-state index contributed by atoms with van der Waals surface area (Å²) < 4.78 is 32.0. The largest absolute Gasteiger partial charge is 0.495 e. The monoisotopic (exact) mass is 317 g/mol. The number of piperidine rings is 1. The minimum atomic E-state index is -3.48. The Kier molecular flexibility index (Phi) is 4.62. The molecule has 20 heavy (non-hydrogen) atoms. The zero-order valence-electron chi connectivity index (χ0n) is 12.0. The molecule has 0 N–H and O–H groups in total. The molecule has 1 aromatic carbocycles. The fourth-order valence-electron chi connectivity index (χ4n) is 2.75. The Morgan fingerprint density at radius 3 is 2.40 bits per heavy atom. The van der Waals surface area contributed by atoms with Gasteiger partial charge in [0.1, 0.15) is 5.75 Å². The van der Waals surface area contributed by atoms with Crippen LogP contribution in [0.2, 0.25) is 5.02 Å². The summed E-state index contributed by atoms with van der Waals surface area (Å²) in [4.78, 5) is 0.236. The van der Waals surface area contributed by atoms with Gasteiger partial charge in [0, 0.05) is 19.2 Å². The molecule has 1 aromatic rings. The van der Waals surface area contributed by atoms with Gasteiger partial charge in [-0.15, -0.1) is 0 Å². The van der Waals surface area contributed by atoms with Gasteiger partial charge in [0.25, 0.3) is 0 Å². The van der Waals surface area contributed by atoms with Crippen molar-refractivity contribution in [1.29, 1.82) is 0 Å². The average molecular weight is 318 g/mol. The van der Waals surface area contributed by atoms with Crippen molar-refractivity contribution in [3.63, 3.8) is 0 Å². The van der Waals surface area contributed by atoms with Crippen LogP contribution in [0.1, 0.15) is 20.3 Å². The third-order valence-corrected chi connectivity index (χ3v) is 5.74. The smallest absolute Gasteiger partial charge is 0.243 e. The molecule has 2 atom stereocenters. The van der Waals surface area contributed by atoms with Crippen LogP contribution in [0, 0.1) is 11.8 Å². The van der Waals surface area contributed by atoms with E-state index in [1.807, 2.05) is 0 Å². The minimum absolute atomic E-state index is 0.236. The van der Waals surface area contributed by atoms with Crippen LogP contribution in [-0.4, -0.2) is 32.9 Å². The Bertz CT molecular complexity index is 578. The van der Waals surface area contributed by atoms with Crippen LogP contribution in [-0.2, 0) is 10.0 Å². The predicted molar refractivity (Wildman–Crippen MR) is 79.7 cm³/mol. The van der Waals surface area contributed by atoms with Gasteiger partial charge < -0.3 is 4.74 Å². The maximum Gasteiger partial charge on any atom is 0.243 e. The van der Waals surface area contributed by atoms with E-state index in [0.29, 0.717) is 35.7 Å². The normalized spacial score (nSPS) is 24.6. The van der Waals surface area contributed by atoms with Crippen molar-refractivity contribution in [2.75, 3.05) is 20.2 Å². The molecule has 6 heteroatoms. The summed E-state index contributed by atoms with van der Waals surface area (Å²) in [7, 11) is -2.01. The van der Waals surface area contributed by atoms with Crippen molar-refractivity contribution in [2.45, 2.75) is 25.2 Å². The number of hydrogen-bond acceptors (Lipinski definition) is 3. The molecule has 0 aromatic heterocycles. The lowest BCUT2D eigenvalue weighted by Crippen LogP contribution is -2.42. The third-order valence-electron chi connectivity index (χ3n) is 3.60. The molecule has 112 valence electrons. The molecule has 0 saturated carbocycles. The molecule has 4 nitrogen and oxygen atoms in total. The predicted octanol–water partition coefficient (Wildman–Crippen LogP) is 3.02. The molecular formula is C14H20ClNO3S. The van der Waals surface area contributed by atoms with Crippen LogP contribution in [0.15, 0.2) is 23.1 Å². The van der Waals surface area contributed by atoms with Crippen molar-refractivity contribution in [2.24, 2.45) is 11.8 Å². The third kappa shape index (κ3) is 3.10. The molecule has 0 aliphatic carbocycles. The first kappa shape index (κ1) is 15.6. The van der Waals surface area contributed by atoms with Gasteiger partial charge >= 0.3 is 0 Å². The van der Waals surface area contributed by atoms with E-state index in [9.17, 15) is 8.42 Å². The number of benzene rings is 1. The molecule has 0 spiro atoms. The highest BCUT2D eigenvalue weighted by Gasteiger charge is 2.32. The van der Waals surface area contributed by atoms with E-state index in [1.165, 1.54) is 19.2 Å². The van der Waals surface area contributed by atoms with E-state index in [-0.39, 0.29) is 4.90 Å². The molecule has 1 aliphatic heterocycles. The van der Waals surface area contributed by atoms with Crippen molar-refractivity contribution in [3.8, 4) is 5.75 Å². The number of nitrogens with zero attached hydrogens (tertiary/aromatic N) is 1. The Balaban J connectivity index is 2.34. The molecule has 0 radical (unpaired) electrons. The van der Waals surface area contributed by atoms with Crippen molar-refractivity contribution in [3.05, 3.63) is 23.2 Å². The molecule has 2 rings (SSSR count). The molecule has 0 bridgehead atoms. The average Bonchev–Trinajstić information content (AvgIpc) is 2.37. The highest BCUT2D eigenvalue weighted by molar-refractivity contribution is 7.89. The van der Waals surface area contributed by atoms with Gasteiger partial charge in [-0.25, -0.2) is 8.42 Å². The van der Waals surface area contributed by atoms with Crippen LogP contribution < -0.4 is 4.74 Å². The second kappa shape index (κ2) is 5.92. The maximum absolute atomic E-state index is 12.7. The molecule has 1 heterocycles. The number of halogens is 1. The van der Waals surface area contributed by atoms with Gasteiger partial charge in [0.2, 0.25) is 10.0 Å². The summed E-state index contributed by atoms with van der Waals surface area (Å²) in [5, 5.41) is 0.409. The fraction of sp³-hybridized carbons (Fsp3) is 0.571. The standard InChI is InChI=1S/C14H20ClNO3S/c1-10-6-11(2)9-16(8-10)20(17,18)12-4-5-13(15)14(7-12)19-3/h4-5,7,10-11H,6,8-9H2,1-3H3. The van der Waals surface area contributed by atoms with Gasteiger partial charge in [0.15, 0.2) is 0 Å². The molecule has 1 aliphatic rings. The van der Waals surface area contributed by atoms with E-state index in [0.717, 1.165) is 6.42 Å². The number of sulfonamides is 1. The minimum Gasteiger partial charge on any atom is -0.495 e. The number of rotatable bonds is 3. The van der Waals surface area contributed by atoms with Crippen molar-refractivity contribution in [1.82, 2.24) is 4.31 Å². The van der Waals surface area contributed by atoms with Gasteiger partial charge in [-0.1, -0.05) is 25.4 Å². The van der Waals surface area contributed by atoms with Gasteiger partial charge in [0.05, 0.1) is 17.0 Å². The maximum atomic E-state index is 12.7. The van der Waals surface area contributed by atoms with E-state index in [2.05, 4.69) is 13.8 Å². The van der Waals surface area contributed by atoms with Crippen LogP contribution in [0.5, 0.6) is 5.75 Å². The van der Waals surface area contributed by atoms with Gasteiger partial charge in [-0.05, 0) is 30.4 Å². The Hall–Kier alpha value is -0.780. The zero-order chi connectivity index (χ0) is 14.9. The topological polar surface area (TPSA) is 46.6 Å². The first-order valence-corrected chi connectivity index (χ1v) is 8.50. The van der Waals surface area contributed by atoms with E-state index in [4.69, 9.17) is 16.3 Å². The lowest BCUT2D eigenvalue weighted by molar-refractivity contribution is 0.222. The Labute approximate surface area is 125 Å². The highest BCUT2D eigenvalue weighted by Crippen LogP contribution is 2.31. The summed E-state index contributed by atoms with van der Waals surface area (Å²) in [6.45, 7) is 5.30. The molecule has 1 saturated heterocycles. The van der Waals surface area contributed by atoms with Crippen LogP contribution in [0.4, 0.5) is 0 Å². The first-order chi connectivity index (χ1) is 9.34. The lowest BCUT2D eigenvalue weighted by atomic mass is 9.94. The van der Waals surface area contributed by atoms with E-state index < -0.39 is 10.0 Å². The van der Waals surface area contributed by atoms with Gasteiger partial charge in [-0.3, -0.25) is 0 Å².